The molecule has 4 rings (SSSR count). The first kappa shape index (κ1) is 22.3. The maximum Gasteiger partial charge on any atom is 0.309 e. The molecule has 2 N–H and O–H groups in total. The summed E-state index contributed by atoms with van der Waals surface area (Å²) in [5, 5.41) is 5.39. The monoisotopic (exact) mass is 444 g/mol. The molecule has 32 heavy (non-hydrogen) atoms. The van der Waals surface area contributed by atoms with E-state index in [1.807, 2.05) is 12.1 Å². The van der Waals surface area contributed by atoms with E-state index in [4.69, 9.17) is 9.15 Å². The number of nitrogens with one attached hydrogen (secondary N) is 2. The van der Waals surface area contributed by atoms with Crippen LogP contribution in [0, 0.1) is 5.82 Å². The highest BCUT2D eigenvalue weighted by atomic mass is 19.1. The quantitative estimate of drug-likeness (QED) is 0.632. The van der Waals surface area contributed by atoms with Gasteiger partial charge in [-0.1, -0.05) is 0 Å². The van der Waals surface area contributed by atoms with Gasteiger partial charge in [-0.2, -0.15) is 0 Å². The van der Waals surface area contributed by atoms with E-state index in [-0.39, 0.29) is 24.5 Å². The number of benzene rings is 1. The van der Waals surface area contributed by atoms with Crippen molar-refractivity contribution in [1.29, 1.82) is 0 Å². The van der Waals surface area contributed by atoms with Crippen molar-refractivity contribution in [3.05, 3.63) is 54.2 Å². The number of halogens is 1. The molecule has 2 atom stereocenters. The van der Waals surface area contributed by atoms with Crippen molar-refractivity contribution in [3.8, 4) is 0 Å². The lowest BCUT2D eigenvalue weighted by Crippen LogP contribution is -2.51. The molecule has 2 aliphatic rings. The molecule has 3 heterocycles. The molecule has 0 radical (unpaired) electrons. The van der Waals surface area contributed by atoms with Crippen molar-refractivity contribution in [2.75, 3.05) is 50.8 Å². The van der Waals surface area contributed by atoms with Crippen LogP contribution in [0.4, 0.5) is 10.1 Å². The normalized spacial score (nSPS) is 20.2. The fraction of sp³-hybridized carbons (Fsp3) is 0.478. The van der Waals surface area contributed by atoms with Crippen LogP contribution in [0.1, 0.15) is 24.6 Å². The van der Waals surface area contributed by atoms with Gasteiger partial charge in [-0.25, -0.2) is 4.39 Å². The van der Waals surface area contributed by atoms with Crippen LogP contribution in [0.3, 0.4) is 0 Å². The Morgan fingerprint density at radius 2 is 1.81 bits per heavy atom. The van der Waals surface area contributed by atoms with Gasteiger partial charge in [0.05, 0.1) is 18.4 Å². The molecule has 2 aromatic rings. The van der Waals surface area contributed by atoms with Crippen LogP contribution >= 0.6 is 0 Å². The van der Waals surface area contributed by atoms with E-state index in [0.717, 1.165) is 50.5 Å². The summed E-state index contributed by atoms with van der Waals surface area (Å²) in [5.41, 5.74) is 0.983. The number of nitrogens with zero attached hydrogens (tertiary/aromatic N) is 2. The number of amides is 2. The first-order valence-electron chi connectivity index (χ1n) is 11.1. The molecular formula is C23H29FN4O4. The minimum Gasteiger partial charge on any atom is -0.468 e. The molecule has 8 nitrogen and oxygen atoms in total. The van der Waals surface area contributed by atoms with Crippen LogP contribution in [-0.4, -0.2) is 68.7 Å². The van der Waals surface area contributed by atoms with Crippen LogP contribution in [0.25, 0.3) is 0 Å². The summed E-state index contributed by atoms with van der Waals surface area (Å²) in [4.78, 5) is 28.9. The summed E-state index contributed by atoms with van der Waals surface area (Å²) >= 11 is 0. The third-order valence-electron chi connectivity index (χ3n) is 5.99. The maximum absolute atomic E-state index is 13.2. The molecule has 1 aromatic heterocycles. The average Bonchev–Trinajstić information content (AvgIpc) is 3.53. The Labute approximate surface area is 186 Å². The number of anilines is 1. The molecule has 2 fully saturated rings. The van der Waals surface area contributed by atoms with Crippen molar-refractivity contribution < 1.29 is 23.1 Å². The van der Waals surface area contributed by atoms with Gasteiger partial charge in [0.25, 0.3) is 0 Å². The summed E-state index contributed by atoms with van der Waals surface area (Å²) < 4.78 is 24.3. The summed E-state index contributed by atoms with van der Waals surface area (Å²) in [6.07, 6.45) is 3.46. The topological polar surface area (TPSA) is 87.0 Å². The summed E-state index contributed by atoms with van der Waals surface area (Å²) in [6.45, 7) is 4.31. The number of carbonyl (C=O) groups is 2. The zero-order chi connectivity index (χ0) is 22.3. The zero-order valence-electron chi connectivity index (χ0n) is 18.0. The van der Waals surface area contributed by atoms with Gasteiger partial charge in [-0.05, 0) is 49.2 Å². The molecule has 1 aromatic carbocycles. The van der Waals surface area contributed by atoms with Gasteiger partial charge < -0.3 is 24.7 Å². The van der Waals surface area contributed by atoms with Crippen LogP contribution in [0.2, 0.25) is 0 Å². The lowest BCUT2D eigenvalue weighted by Gasteiger charge is -2.39. The largest absolute Gasteiger partial charge is 0.468 e. The van der Waals surface area contributed by atoms with Crippen molar-refractivity contribution in [2.45, 2.75) is 25.0 Å². The van der Waals surface area contributed by atoms with Crippen LogP contribution in [0.15, 0.2) is 47.1 Å². The Balaban J connectivity index is 1.30. The Bertz CT molecular complexity index is 876. The second-order valence-corrected chi connectivity index (χ2v) is 8.09. The molecule has 0 spiro atoms. The van der Waals surface area contributed by atoms with E-state index in [1.165, 1.54) is 12.1 Å². The molecule has 2 saturated heterocycles. The van der Waals surface area contributed by atoms with E-state index in [9.17, 15) is 14.0 Å². The van der Waals surface area contributed by atoms with E-state index >= 15 is 0 Å². The van der Waals surface area contributed by atoms with E-state index < -0.39 is 11.8 Å². The summed E-state index contributed by atoms with van der Waals surface area (Å²) in [5.74, 6) is -0.828. The smallest absolute Gasteiger partial charge is 0.309 e. The molecule has 0 unspecified atom stereocenters. The third-order valence-corrected chi connectivity index (χ3v) is 5.99. The van der Waals surface area contributed by atoms with Gasteiger partial charge in [0.1, 0.15) is 11.6 Å². The molecule has 0 saturated carbocycles. The Morgan fingerprint density at radius 3 is 2.47 bits per heavy atom. The fourth-order valence-corrected chi connectivity index (χ4v) is 4.20. The van der Waals surface area contributed by atoms with Gasteiger partial charge >= 0.3 is 11.8 Å². The zero-order valence-corrected chi connectivity index (χ0v) is 18.0. The number of hydrogen-bond donors (Lipinski definition) is 2. The van der Waals surface area contributed by atoms with E-state index in [0.29, 0.717) is 13.2 Å². The van der Waals surface area contributed by atoms with Gasteiger partial charge in [0.15, 0.2) is 0 Å². The lowest BCUT2D eigenvalue weighted by atomic mass is 10.1. The van der Waals surface area contributed by atoms with Gasteiger partial charge in [-0.3, -0.25) is 14.5 Å². The Morgan fingerprint density at radius 1 is 1.06 bits per heavy atom. The predicted molar refractivity (Wildman–Crippen MR) is 117 cm³/mol. The number of carbonyl (C=O) groups excluding carboxylic acids is 2. The van der Waals surface area contributed by atoms with E-state index in [1.54, 1.807) is 18.4 Å². The number of hydrogen-bond acceptors (Lipinski definition) is 6. The minimum absolute atomic E-state index is 0.0139. The van der Waals surface area contributed by atoms with Gasteiger partial charge in [-0.15, -0.1) is 0 Å². The number of piperazine rings is 1. The molecule has 0 bridgehead atoms. The van der Waals surface area contributed by atoms with Gasteiger partial charge in [0.2, 0.25) is 0 Å². The van der Waals surface area contributed by atoms with Crippen molar-refractivity contribution >= 4 is 17.5 Å². The molecule has 2 amide bonds. The number of furan rings is 1. The molecule has 0 aliphatic carbocycles. The second-order valence-electron chi connectivity index (χ2n) is 8.09. The predicted octanol–water partition coefficient (Wildman–Crippen LogP) is 1.69. The standard InChI is InChI=1S/C23H29FN4O4/c24-17-5-7-18(8-6-17)27-9-11-28(12-10-27)20(21-4-2-14-32-21)16-26-23(30)22(29)25-15-19-3-1-13-31-19/h2,4-8,14,19-20H,1,3,9-13,15-16H2,(H,25,29)(H,26,30)/t19-,20+/m0/s1. The molecule has 2 aliphatic heterocycles. The van der Waals surface area contributed by atoms with Crippen LogP contribution in [0.5, 0.6) is 0 Å². The Kier molecular flexibility index (Phi) is 7.39. The first-order chi connectivity index (χ1) is 15.6. The highest BCUT2D eigenvalue weighted by Crippen LogP contribution is 2.24. The van der Waals surface area contributed by atoms with Crippen LogP contribution < -0.4 is 15.5 Å². The first-order valence-corrected chi connectivity index (χ1v) is 11.1. The SMILES string of the molecule is O=C(NC[C@@H]1CCCO1)C(=O)NC[C@H](c1ccco1)N1CCN(c2ccc(F)cc2)CC1. The van der Waals surface area contributed by atoms with Crippen molar-refractivity contribution in [1.82, 2.24) is 15.5 Å². The van der Waals surface area contributed by atoms with Crippen LogP contribution in [-0.2, 0) is 14.3 Å². The Hall–Kier alpha value is -2.91. The number of rotatable bonds is 7. The summed E-state index contributed by atoms with van der Waals surface area (Å²) in [6, 6.07) is 10.00. The van der Waals surface area contributed by atoms with Crippen molar-refractivity contribution in [2.24, 2.45) is 0 Å². The molecule has 9 heteroatoms. The average molecular weight is 445 g/mol. The number of ether oxygens (including phenoxy) is 1. The third kappa shape index (κ3) is 5.66. The molecular weight excluding hydrogens is 415 g/mol. The maximum atomic E-state index is 13.2. The highest BCUT2D eigenvalue weighted by molar-refractivity contribution is 6.35. The van der Waals surface area contributed by atoms with Crippen molar-refractivity contribution in [3.63, 3.8) is 0 Å². The fourth-order valence-electron chi connectivity index (χ4n) is 4.20. The lowest BCUT2D eigenvalue weighted by molar-refractivity contribution is -0.139. The minimum atomic E-state index is -0.662. The second kappa shape index (κ2) is 10.6. The van der Waals surface area contributed by atoms with Gasteiger partial charge in [0, 0.05) is 51.6 Å². The van der Waals surface area contributed by atoms with E-state index in [2.05, 4.69) is 20.4 Å². The highest BCUT2D eigenvalue weighted by Gasteiger charge is 2.28. The molecule has 172 valence electrons. The summed E-state index contributed by atoms with van der Waals surface area (Å²) in [7, 11) is 0.